The lowest BCUT2D eigenvalue weighted by Gasteiger charge is -2.17. The molecule has 80 valence electrons. The van der Waals surface area contributed by atoms with E-state index in [1.54, 1.807) is 0 Å². The van der Waals surface area contributed by atoms with Gasteiger partial charge in [0, 0.05) is 0 Å². The number of hydrogen-bond acceptors (Lipinski definition) is 7. The van der Waals surface area contributed by atoms with E-state index in [4.69, 9.17) is 34.0 Å². The number of guanidine groups is 2. The van der Waals surface area contributed by atoms with Gasteiger partial charge in [-0.05, 0) is 0 Å². The molecule has 0 aliphatic rings. The minimum absolute atomic E-state index is 0.135. The van der Waals surface area contributed by atoms with Gasteiger partial charge < -0.3 is 11.5 Å². The van der Waals surface area contributed by atoms with Crippen molar-refractivity contribution in [3.63, 3.8) is 0 Å². The lowest BCUT2D eigenvalue weighted by molar-refractivity contribution is -0.138. The first-order chi connectivity index (χ1) is 6.34. The lowest BCUT2D eigenvalue weighted by atomic mass is 11.1. The molecule has 0 unspecified atom stereocenters. The predicted molar refractivity (Wildman–Crippen MR) is 43.4 cm³/mol. The maximum Gasteiger partial charge on any atom is 0.561 e. The Labute approximate surface area is 78.0 Å². The smallest absolute Gasteiger partial charge is 0.366 e. The molecule has 0 aliphatic heterocycles. The lowest BCUT2D eigenvalue weighted by Crippen LogP contribution is -2.47. The zero-order valence-electron chi connectivity index (χ0n) is 6.93. The van der Waals surface area contributed by atoms with Crippen molar-refractivity contribution in [1.82, 2.24) is 10.3 Å². The highest BCUT2D eigenvalue weighted by molar-refractivity contribution is 5.76. The second-order valence-corrected chi connectivity index (χ2v) is 1.85. The Balaban J connectivity index is 3.99. The molecule has 0 fully saturated rings. The molecule has 0 amide bonds. The van der Waals surface area contributed by atoms with Crippen LogP contribution in [0.15, 0.2) is 0 Å². The van der Waals surface area contributed by atoms with Crippen molar-refractivity contribution in [2.24, 2.45) is 23.2 Å². The van der Waals surface area contributed by atoms with E-state index in [1.807, 2.05) is 0 Å². The van der Waals surface area contributed by atoms with Crippen molar-refractivity contribution < 1.29 is 14.5 Å². The molecule has 0 bridgehead atoms. The monoisotopic (exact) mass is 206 g/mol. The van der Waals surface area contributed by atoms with Gasteiger partial charge in [-0.3, -0.25) is 20.5 Å². The summed E-state index contributed by atoms with van der Waals surface area (Å²) in [7, 11) is 0. The first-order valence-corrected chi connectivity index (χ1v) is 3.02. The third kappa shape index (κ3) is 3.93. The molecule has 0 aromatic heterocycles. The summed E-state index contributed by atoms with van der Waals surface area (Å²) in [5, 5.41) is 13.7. The topological polar surface area (TPSA) is 194 Å². The number of nitrogens with one attached hydrogen (secondary N) is 2. The van der Waals surface area contributed by atoms with Crippen LogP contribution >= 0.6 is 0 Å². The van der Waals surface area contributed by atoms with Gasteiger partial charge in [-0.1, -0.05) is 10.3 Å². The van der Waals surface area contributed by atoms with Crippen molar-refractivity contribution in [2.75, 3.05) is 0 Å². The van der Waals surface area contributed by atoms with Crippen LogP contribution in [0.1, 0.15) is 0 Å². The van der Waals surface area contributed by atoms with Crippen molar-refractivity contribution in [2.45, 2.75) is 0 Å². The van der Waals surface area contributed by atoms with Gasteiger partial charge in [-0.15, -0.1) is 0 Å². The largest absolute Gasteiger partial charge is 0.561 e. The van der Waals surface area contributed by atoms with Gasteiger partial charge in [0.05, 0.1) is 0 Å². The van der Waals surface area contributed by atoms with E-state index in [0.717, 1.165) is 0 Å². The minimum atomic E-state index is -1.40. The van der Waals surface area contributed by atoms with Crippen LogP contribution in [0.2, 0.25) is 0 Å². The molecular weight excluding hydrogens is 196 g/mol. The summed E-state index contributed by atoms with van der Waals surface area (Å²) in [5.41, 5.74) is 9.63. The normalized spacial score (nSPS) is 8.71. The molecular formula is C3H10N8O3. The van der Waals surface area contributed by atoms with Crippen LogP contribution in [0.3, 0.4) is 0 Å². The first-order valence-electron chi connectivity index (χ1n) is 3.02. The zero-order chi connectivity index (χ0) is 11.3. The Bertz CT molecular complexity index is 228. The van der Waals surface area contributed by atoms with Gasteiger partial charge in [-0.2, -0.15) is 4.79 Å². The van der Waals surface area contributed by atoms with Crippen LogP contribution in [0.25, 0.3) is 0 Å². The second kappa shape index (κ2) is 4.68. The minimum Gasteiger partial charge on any atom is -0.366 e. The number of nitrogens with two attached hydrogens (primary N) is 4. The maximum atomic E-state index is 10.7. The average molecular weight is 206 g/mol. The summed E-state index contributed by atoms with van der Waals surface area (Å²) in [6, 6.07) is 0. The molecule has 0 aromatic carbocycles. The summed E-state index contributed by atoms with van der Waals surface area (Å²) >= 11 is 0. The number of carbonyl (C=O) groups excluding carboxylic acids is 1. The van der Waals surface area contributed by atoms with Gasteiger partial charge in [0.25, 0.3) is 0 Å². The fourth-order valence-electron chi connectivity index (χ4n) is 0.276. The van der Waals surface area contributed by atoms with Crippen LogP contribution < -0.4 is 23.2 Å². The summed E-state index contributed by atoms with van der Waals surface area (Å²) in [6.45, 7) is 0. The van der Waals surface area contributed by atoms with Crippen molar-refractivity contribution >= 4 is 18.1 Å². The SMILES string of the molecule is N=C(N)N(N)OC(=O)ON(N)C(=N)N. The summed E-state index contributed by atoms with van der Waals surface area (Å²) in [5.74, 6) is 8.31. The fraction of sp³-hybridized carbons (Fsp3) is 0. The molecule has 11 heteroatoms. The predicted octanol–water partition coefficient (Wildman–Crippen LogP) is -2.89. The number of hydroxylamine groups is 2. The number of hydrogen-bond donors (Lipinski definition) is 6. The van der Waals surface area contributed by atoms with E-state index in [0.29, 0.717) is 0 Å². The van der Waals surface area contributed by atoms with Crippen LogP contribution in [0.5, 0.6) is 0 Å². The molecule has 11 nitrogen and oxygen atoms in total. The Morgan fingerprint density at radius 3 is 1.50 bits per heavy atom. The van der Waals surface area contributed by atoms with E-state index in [-0.39, 0.29) is 10.3 Å². The van der Waals surface area contributed by atoms with E-state index < -0.39 is 18.1 Å². The Morgan fingerprint density at radius 1 is 1.00 bits per heavy atom. The van der Waals surface area contributed by atoms with Gasteiger partial charge in [0.15, 0.2) is 0 Å². The summed E-state index contributed by atoms with van der Waals surface area (Å²) in [6.07, 6.45) is -1.40. The number of nitrogens with zero attached hydrogens (tertiary/aromatic N) is 2. The number of carbonyl (C=O) groups is 1. The van der Waals surface area contributed by atoms with Gasteiger partial charge in [0.1, 0.15) is 0 Å². The van der Waals surface area contributed by atoms with E-state index >= 15 is 0 Å². The van der Waals surface area contributed by atoms with E-state index in [2.05, 4.69) is 9.68 Å². The van der Waals surface area contributed by atoms with Crippen LogP contribution in [0, 0.1) is 10.8 Å². The maximum absolute atomic E-state index is 10.7. The Kier molecular flexibility index (Phi) is 3.92. The first kappa shape index (κ1) is 11.7. The highest BCUT2D eigenvalue weighted by Crippen LogP contribution is 1.89. The molecule has 0 atom stereocenters. The molecule has 0 saturated carbocycles. The second-order valence-electron chi connectivity index (χ2n) is 1.85. The quantitative estimate of drug-likeness (QED) is 0.104. The van der Waals surface area contributed by atoms with E-state index in [9.17, 15) is 4.79 Å². The highest BCUT2D eigenvalue weighted by Gasteiger charge is 2.15. The Morgan fingerprint density at radius 2 is 1.29 bits per heavy atom. The van der Waals surface area contributed by atoms with Crippen LogP contribution in [-0.2, 0) is 9.68 Å². The van der Waals surface area contributed by atoms with Gasteiger partial charge in [0.2, 0.25) is 11.9 Å². The van der Waals surface area contributed by atoms with Gasteiger partial charge in [-0.25, -0.2) is 11.7 Å². The molecule has 14 heavy (non-hydrogen) atoms. The standard InChI is InChI=1S/C3H10N8O3/c4-1(5)10(8)13-3(12)14-11(9)2(6)7/h8-9H2,(H3,4,5)(H3,6,7). The number of rotatable bonds is 0. The summed E-state index contributed by atoms with van der Waals surface area (Å²) < 4.78 is 0. The molecule has 0 saturated heterocycles. The van der Waals surface area contributed by atoms with E-state index in [1.165, 1.54) is 0 Å². The third-order valence-corrected chi connectivity index (χ3v) is 0.821. The zero-order valence-corrected chi connectivity index (χ0v) is 6.93. The average Bonchev–Trinajstić information content (AvgIpc) is 2.03. The molecule has 10 N–H and O–H groups in total. The van der Waals surface area contributed by atoms with Crippen LogP contribution in [0.4, 0.5) is 4.79 Å². The molecule has 0 heterocycles. The molecule has 0 aromatic rings. The van der Waals surface area contributed by atoms with Crippen molar-refractivity contribution in [3.05, 3.63) is 0 Å². The summed E-state index contributed by atoms with van der Waals surface area (Å²) in [4.78, 5) is 18.8. The molecule has 0 radical (unpaired) electrons. The Hall–Kier alpha value is -2.27. The third-order valence-electron chi connectivity index (χ3n) is 0.821. The number of hydrazine groups is 2. The van der Waals surface area contributed by atoms with Crippen LogP contribution in [-0.4, -0.2) is 28.4 Å². The molecule has 0 spiro atoms. The van der Waals surface area contributed by atoms with Crippen molar-refractivity contribution in [1.29, 1.82) is 10.8 Å². The van der Waals surface area contributed by atoms with Crippen molar-refractivity contribution in [3.8, 4) is 0 Å². The fourth-order valence-corrected chi connectivity index (χ4v) is 0.276. The highest BCUT2D eigenvalue weighted by atomic mass is 16.9. The van der Waals surface area contributed by atoms with Gasteiger partial charge >= 0.3 is 6.16 Å². The molecule has 0 aliphatic carbocycles. The molecule has 0 rings (SSSR count).